The smallest absolute Gasteiger partial charge is 0.312 e. The van der Waals surface area contributed by atoms with Crippen molar-refractivity contribution in [1.82, 2.24) is 4.90 Å². The van der Waals surface area contributed by atoms with Gasteiger partial charge in [0.1, 0.15) is 0 Å². The van der Waals surface area contributed by atoms with Gasteiger partial charge in [0, 0.05) is 19.5 Å². The van der Waals surface area contributed by atoms with E-state index in [0.29, 0.717) is 12.6 Å². The molecular formula is C14H21ClN4O. The Balaban J connectivity index is 0.00000200. The highest BCUT2D eigenvalue weighted by molar-refractivity contribution is 5.90. The maximum absolute atomic E-state index is 7.63. The molecule has 110 valence electrons. The molecule has 0 amide bonds. The van der Waals surface area contributed by atoms with E-state index in [-0.39, 0.29) is 18.4 Å². The maximum atomic E-state index is 7.63. The van der Waals surface area contributed by atoms with Crippen LogP contribution >= 0.6 is 12.4 Å². The van der Waals surface area contributed by atoms with Crippen LogP contribution in [0.4, 0.5) is 0 Å². The summed E-state index contributed by atoms with van der Waals surface area (Å²) in [7, 11) is 0. The van der Waals surface area contributed by atoms with Crippen LogP contribution in [-0.2, 0) is 11.2 Å². The summed E-state index contributed by atoms with van der Waals surface area (Å²) in [6.07, 6.45) is 3.04. The Morgan fingerprint density at radius 3 is 2.55 bits per heavy atom. The van der Waals surface area contributed by atoms with Gasteiger partial charge in [-0.05, 0) is 18.4 Å². The molecule has 6 heteroatoms. The van der Waals surface area contributed by atoms with Crippen LogP contribution in [0.3, 0.4) is 0 Å². The van der Waals surface area contributed by atoms with Crippen molar-refractivity contribution in [3.8, 4) is 0 Å². The average molecular weight is 297 g/mol. The summed E-state index contributed by atoms with van der Waals surface area (Å²) < 4.78 is 5.27. The molecule has 1 aromatic rings. The summed E-state index contributed by atoms with van der Waals surface area (Å²) in [5.41, 5.74) is 7.00. The second kappa shape index (κ2) is 8.43. The van der Waals surface area contributed by atoms with Crippen LogP contribution in [0.15, 0.2) is 35.3 Å². The highest BCUT2D eigenvalue weighted by atomic mass is 35.5. The molecule has 3 N–H and O–H groups in total. The lowest BCUT2D eigenvalue weighted by molar-refractivity contribution is 0.301. The van der Waals surface area contributed by atoms with E-state index in [9.17, 15) is 0 Å². The summed E-state index contributed by atoms with van der Waals surface area (Å²) in [5.74, 6) is 0.391. The van der Waals surface area contributed by atoms with Crippen molar-refractivity contribution in [1.29, 1.82) is 5.41 Å². The summed E-state index contributed by atoms with van der Waals surface area (Å²) in [6, 6.07) is 9.92. The third-order valence-corrected chi connectivity index (χ3v) is 3.12. The number of amidine groups is 1. The van der Waals surface area contributed by atoms with Crippen LogP contribution in [0.2, 0.25) is 0 Å². The molecule has 1 aliphatic rings. The molecule has 1 aliphatic heterocycles. The van der Waals surface area contributed by atoms with Crippen LogP contribution in [0.5, 0.6) is 0 Å². The molecule has 0 saturated carbocycles. The van der Waals surface area contributed by atoms with E-state index in [1.54, 1.807) is 0 Å². The zero-order valence-electron chi connectivity index (χ0n) is 11.4. The average Bonchev–Trinajstić information content (AvgIpc) is 2.94. The van der Waals surface area contributed by atoms with Crippen molar-refractivity contribution >= 4 is 24.4 Å². The number of guanidine groups is 1. The molecule has 20 heavy (non-hydrogen) atoms. The number of aliphatic imine (C=N–C) groups is 1. The summed E-state index contributed by atoms with van der Waals surface area (Å²) in [4.78, 5) is 5.95. The SMILES string of the molecule is Cl.N=C(/N=C(/N)N1CCCC1)OCCc1ccccc1. The predicted octanol–water partition coefficient (Wildman–Crippen LogP) is 2.01. The van der Waals surface area contributed by atoms with Crippen LogP contribution in [0.25, 0.3) is 0 Å². The van der Waals surface area contributed by atoms with E-state index in [1.165, 1.54) is 5.56 Å². The maximum Gasteiger partial charge on any atom is 0.312 e. The van der Waals surface area contributed by atoms with E-state index in [2.05, 4.69) is 4.99 Å². The molecule has 1 aromatic carbocycles. The van der Waals surface area contributed by atoms with Crippen molar-refractivity contribution in [2.75, 3.05) is 19.7 Å². The molecule has 0 spiro atoms. The Labute approximate surface area is 125 Å². The lowest BCUT2D eigenvalue weighted by Gasteiger charge is -2.15. The summed E-state index contributed by atoms with van der Waals surface area (Å²) in [6.45, 7) is 2.29. The highest BCUT2D eigenvalue weighted by Crippen LogP contribution is 2.06. The van der Waals surface area contributed by atoms with Gasteiger partial charge in [-0.15, -0.1) is 12.4 Å². The van der Waals surface area contributed by atoms with Crippen LogP contribution < -0.4 is 5.73 Å². The van der Waals surface area contributed by atoms with Crippen molar-refractivity contribution in [3.63, 3.8) is 0 Å². The Kier molecular flexibility index (Phi) is 6.87. The number of nitrogens with zero attached hydrogens (tertiary/aromatic N) is 2. The second-order valence-electron chi connectivity index (χ2n) is 4.55. The Morgan fingerprint density at radius 2 is 1.90 bits per heavy atom. The van der Waals surface area contributed by atoms with Crippen LogP contribution in [0, 0.1) is 5.41 Å². The molecule has 2 rings (SSSR count). The normalized spacial score (nSPS) is 14.8. The van der Waals surface area contributed by atoms with Crippen LogP contribution in [0.1, 0.15) is 18.4 Å². The second-order valence-corrected chi connectivity index (χ2v) is 4.55. The molecule has 0 radical (unpaired) electrons. The number of ether oxygens (including phenoxy) is 1. The first-order chi connectivity index (χ1) is 9.25. The number of halogens is 1. The number of rotatable bonds is 3. The van der Waals surface area contributed by atoms with Gasteiger partial charge in [0.2, 0.25) is 5.96 Å². The molecule has 0 bridgehead atoms. The van der Waals surface area contributed by atoms with E-state index >= 15 is 0 Å². The van der Waals surface area contributed by atoms with Crippen molar-refractivity contribution in [2.24, 2.45) is 10.7 Å². The lowest BCUT2D eigenvalue weighted by atomic mass is 10.2. The minimum absolute atomic E-state index is 0. The van der Waals surface area contributed by atoms with Gasteiger partial charge >= 0.3 is 6.02 Å². The summed E-state index contributed by atoms with van der Waals surface area (Å²) in [5, 5.41) is 7.63. The van der Waals surface area contributed by atoms with Crippen molar-refractivity contribution in [3.05, 3.63) is 35.9 Å². The van der Waals surface area contributed by atoms with Gasteiger partial charge in [0.05, 0.1) is 6.61 Å². The molecule has 1 fully saturated rings. The number of benzene rings is 1. The molecule has 1 heterocycles. The number of nitrogens with two attached hydrogens (primary N) is 1. The van der Waals surface area contributed by atoms with Gasteiger partial charge < -0.3 is 15.4 Å². The fraction of sp³-hybridized carbons (Fsp3) is 0.429. The largest absolute Gasteiger partial charge is 0.463 e. The van der Waals surface area contributed by atoms with Crippen molar-refractivity contribution in [2.45, 2.75) is 19.3 Å². The number of nitrogens with one attached hydrogen (secondary N) is 1. The number of hydrogen-bond acceptors (Lipinski definition) is 2. The van der Waals surface area contributed by atoms with Gasteiger partial charge in [-0.3, -0.25) is 0 Å². The van der Waals surface area contributed by atoms with Gasteiger partial charge in [-0.2, -0.15) is 4.99 Å². The molecule has 0 atom stereocenters. The number of likely N-dealkylation sites (tertiary alicyclic amines) is 1. The molecule has 0 unspecified atom stereocenters. The number of hydrogen-bond donors (Lipinski definition) is 2. The lowest BCUT2D eigenvalue weighted by Crippen LogP contribution is -2.35. The summed E-state index contributed by atoms with van der Waals surface area (Å²) >= 11 is 0. The highest BCUT2D eigenvalue weighted by Gasteiger charge is 2.14. The standard InChI is InChI=1S/C14H20N4O.ClH/c15-13(18-9-4-5-10-18)17-14(16)19-11-8-12-6-2-1-3-7-12;/h1-3,6-7H,4-5,8-11H2,(H3,15,16,17);1H. The Bertz CT molecular complexity index is 444. The molecule has 5 nitrogen and oxygen atoms in total. The predicted molar refractivity (Wildman–Crippen MR) is 83.5 cm³/mol. The molecule has 0 aromatic heterocycles. The van der Waals surface area contributed by atoms with Gasteiger partial charge in [0.15, 0.2) is 0 Å². The molecular weight excluding hydrogens is 276 g/mol. The monoisotopic (exact) mass is 296 g/mol. The Morgan fingerprint density at radius 1 is 1.25 bits per heavy atom. The molecule has 1 saturated heterocycles. The third-order valence-electron chi connectivity index (χ3n) is 3.12. The minimum Gasteiger partial charge on any atom is -0.463 e. The minimum atomic E-state index is -0.111. The Hall–Kier alpha value is -1.75. The quantitative estimate of drug-likeness (QED) is 0.662. The zero-order valence-corrected chi connectivity index (χ0v) is 12.2. The first-order valence-corrected chi connectivity index (χ1v) is 6.60. The van der Waals surface area contributed by atoms with Gasteiger partial charge in [-0.25, -0.2) is 5.41 Å². The van der Waals surface area contributed by atoms with Gasteiger partial charge in [0.25, 0.3) is 0 Å². The first-order valence-electron chi connectivity index (χ1n) is 6.60. The fourth-order valence-electron chi connectivity index (χ4n) is 2.06. The van der Waals surface area contributed by atoms with Gasteiger partial charge in [-0.1, -0.05) is 30.3 Å². The van der Waals surface area contributed by atoms with E-state index < -0.39 is 0 Å². The fourth-order valence-corrected chi connectivity index (χ4v) is 2.06. The first kappa shape index (κ1) is 16.3. The van der Waals surface area contributed by atoms with E-state index in [0.717, 1.165) is 32.4 Å². The van der Waals surface area contributed by atoms with Crippen LogP contribution in [-0.4, -0.2) is 36.6 Å². The van der Waals surface area contributed by atoms with Crippen molar-refractivity contribution < 1.29 is 4.74 Å². The topological polar surface area (TPSA) is 74.7 Å². The zero-order chi connectivity index (χ0) is 13.5. The molecule has 0 aliphatic carbocycles. The third kappa shape index (κ3) is 5.09. The van der Waals surface area contributed by atoms with E-state index in [1.807, 2.05) is 35.2 Å². The van der Waals surface area contributed by atoms with E-state index in [4.69, 9.17) is 15.9 Å².